The third kappa shape index (κ3) is 4.75. The molecule has 0 saturated carbocycles. The lowest BCUT2D eigenvalue weighted by Crippen LogP contribution is -2.21. The molecule has 0 fully saturated rings. The first kappa shape index (κ1) is 17.9. The summed E-state index contributed by atoms with van der Waals surface area (Å²) in [6, 6.07) is 15.5. The summed E-state index contributed by atoms with van der Waals surface area (Å²) in [4.78, 5) is 0. The summed E-state index contributed by atoms with van der Waals surface area (Å²) in [7, 11) is 0.291. The molecule has 0 heterocycles. The van der Waals surface area contributed by atoms with Crippen LogP contribution in [0.25, 0.3) is 0 Å². The minimum absolute atomic E-state index is 0.413. The van der Waals surface area contributed by atoms with E-state index in [0.29, 0.717) is 5.71 Å². The Balaban J connectivity index is 2.55. The molecule has 2 rings (SSSR count). The Morgan fingerprint density at radius 1 is 1.09 bits per heavy atom. The second-order valence-corrected chi connectivity index (χ2v) is 8.86. The fourth-order valence-electron chi connectivity index (χ4n) is 1.88. The van der Waals surface area contributed by atoms with Crippen molar-refractivity contribution in [3.63, 3.8) is 0 Å². The van der Waals surface area contributed by atoms with Crippen LogP contribution in [0.15, 0.2) is 57.4 Å². The van der Waals surface area contributed by atoms with Crippen LogP contribution in [0, 0.1) is 0 Å². The van der Waals surface area contributed by atoms with Crippen LogP contribution in [-0.2, 0) is 11.0 Å². The molecule has 0 N–H and O–H groups in total. The van der Waals surface area contributed by atoms with Gasteiger partial charge in [0, 0.05) is 15.6 Å². The Hall–Kier alpha value is -1.46. The average Bonchev–Trinajstić information content (AvgIpc) is 2.51. The highest BCUT2D eigenvalue weighted by Crippen LogP contribution is 2.21. The summed E-state index contributed by atoms with van der Waals surface area (Å²) >= 11 is 3.48. The van der Waals surface area contributed by atoms with Gasteiger partial charge in [0.05, 0.1) is 17.6 Å². The van der Waals surface area contributed by atoms with Gasteiger partial charge in [-0.2, -0.15) is 4.40 Å². The third-order valence-electron chi connectivity index (χ3n) is 3.16. The van der Waals surface area contributed by atoms with Crippen molar-refractivity contribution >= 4 is 32.6 Å². The number of ether oxygens (including phenoxy) is 1. The minimum atomic E-state index is -1.34. The normalized spacial score (nSPS) is 13.7. The Morgan fingerprint density at radius 2 is 1.74 bits per heavy atom. The molecule has 0 aliphatic rings. The number of rotatable bonds is 4. The van der Waals surface area contributed by atoms with E-state index in [1.54, 1.807) is 7.11 Å². The molecular weight excluding hydrogens is 374 g/mol. The van der Waals surface area contributed by atoms with Crippen LogP contribution in [-0.4, -0.2) is 21.8 Å². The second-order valence-electron chi connectivity index (χ2n) is 6.04. The number of hydrogen-bond acceptors (Lipinski definition) is 2. The molecule has 2 aromatic rings. The molecule has 0 spiro atoms. The average molecular weight is 394 g/mol. The maximum Gasteiger partial charge on any atom is 0.145 e. The van der Waals surface area contributed by atoms with Crippen molar-refractivity contribution in [1.82, 2.24) is 0 Å². The Morgan fingerprint density at radius 3 is 2.26 bits per heavy atom. The zero-order chi connectivity index (χ0) is 17.0. The highest BCUT2D eigenvalue weighted by molar-refractivity contribution is 9.10. The van der Waals surface area contributed by atoms with Crippen LogP contribution in [0.1, 0.15) is 31.9 Å². The van der Waals surface area contributed by atoms with E-state index < -0.39 is 15.7 Å². The maximum atomic E-state index is 12.5. The van der Waals surface area contributed by atoms with E-state index in [1.807, 2.05) is 69.3 Å². The van der Waals surface area contributed by atoms with Gasteiger partial charge >= 0.3 is 0 Å². The summed E-state index contributed by atoms with van der Waals surface area (Å²) in [5, 5.41) is 0. The summed E-state index contributed by atoms with van der Waals surface area (Å²) in [6.45, 7) is 5.75. The van der Waals surface area contributed by atoms with E-state index in [9.17, 15) is 4.21 Å². The summed E-state index contributed by atoms with van der Waals surface area (Å²) in [5.41, 5.74) is 2.53. The molecule has 23 heavy (non-hydrogen) atoms. The van der Waals surface area contributed by atoms with Crippen molar-refractivity contribution in [2.75, 3.05) is 7.11 Å². The van der Waals surface area contributed by atoms with Crippen molar-refractivity contribution in [2.24, 2.45) is 4.40 Å². The molecule has 0 aliphatic heterocycles. The van der Waals surface area contributed by atoms with E-state index in [2.05, 4.69) is 20.3 Å². The van der Waals surface area contributed by atoms with Gasteiger partial charge in [0.1, 0.15) is 16.7 Å². The van der Waals surface area contributed by atoms with Gasteiger partial charge in [0.15, 0.2) is 0 Å². The van der Waals surface area contributed by atoms with Gasteiger partial charge in [-0.05, 0) is 57.2 Å². The minimum Gasteiger partial charge on any atom is -0.497 e. The number of halogens is 1. The van der Waals surface area contributed by atoms with Crippen LogP contribution in [0.4, 0.5) is 0 Å². The first-order valence-corrected chi connectivity index (χ1v) is 9.12. The molecule has 0 saturated heterocycles. The van der Waals surface area contributed by atoms with E-state index >= 15 is 0 Å². The quantitative estimate of drug-likeness (QED) is 0.702. The van der Waals surface area contributed by atoms with Gasteiger partial charge in [-0.1, -0.05) is 28.1 Å². The van der Waals surface area contributed by atoms with E-state index in [4.69, 9.17) is 4.74 Å². The molecule has 0 bridgehead atoms. The lowest BCUT2D eigenvalue weighted by molar-refractivity contribution is 0.415. The number of hydrogen-bond donors (Lipinski definition) is 0. The van der Waals surface area contributed by atoms with Gasteiger partial charge < -0.3 is 4.74 Å². The zero-order valence-corrected chi connectivity index (χ0v) is 16.1. The Labute approximate surface area is 148 Å². The summed E-state index contributed by atoms with van der Waals surface area (Å²) < 4.78 is 22.8. The molecule has 5 heteroatoms. The van der Waals surface area contributed by atoms with Crippen molar-refractivity contribution in [2.45, 2.75) is 25.5 Å². The molecule has 0 aromatic heterocycles. The number of benzene rings is 2. The highest BCUT2D eigenvalue weighted by Gasteiger charge is 2.21. The van der Waals surface area contributed by atoms with Crippen LogP contribution in [0.5, 0.6) is 5.75 Å². The molecular formula is C18H20BrNO2S. The zero-order valence-electron chi connectivity index (χ0n) is 13.7. The van der Waals surface area contributed by atoms with Crippen molar-refractivity contribution in [3.05, 3.63) is 64.1 Å². The largest absolute Gasteiger partial charge is 0.497 e. The summed E-state index contributed by atoms with van der Waals surface area (Å²) in [5.74, 6) is 0.777. The lowest BCUT2D eigenvalue weighted by Gasteiger charge is -2.16. The van der Waals surface area contributed by atoms with Gasteiger partial charge in [-0.25, -0.2) is 4.21 Å². The van der Waals surface area contributed by atoms with Crippen LogP contribution < -0.4 is 4.74 Å². The molecule has 0 radical (unpaired) electrons. The van der Waals surface area contributed by atoms with Gasteiger partial charge in [0.25, 0.3) is 0 Å². The van der Waals surface area contributed by atoms with E-state index in [-0.39, 0.29) is 0 Å². The van der Waals surface area contributed by atoms with Gasteiger partial charge in [-0.15, -0.1) is 0 Å². The molecule has 1 atom stereocenters. The van der Waals surface area contributed by atoms with Crippen molar-refractivity contribution < 1.29 is 8.95 Å². The molecule has 0 amide bonds. The Kier molecular flexibility index (Phi) is 5.76. The predicted molar refractivity (Wildman–Crippen MR) is 101 cm³/mol. The fourth-order valence-corrected chi connectivity index (χ4v) is 2.93. The maximum absolute atomic E-state index is 12.5. The first-order chi connectivity index (χ1) is 10.8. The standard InChI is InChI=1S/C18H20BrNO2S/c1-18(2,3)23(21)20-17(14-6-5-7-15(19)12-14)13-8-10-16(22-4)11-9-13/h5-12H,1-4H3/b20-17+. The lowest BCUT2D eigenvalue weighted by atomic mass is 10.0. The molecule has 0 aliphatic carbocycles. The Bertz CT molecular complexity index is 733. The molecule has 3 nitrogen and oxygen atoms in total. The van der Waals surface area contributed by atoms with Crippen LogP contribution >= 0.6 is 15.9 Å². The summed E-state index contributed by atoms with van der Waals surface area (Å²) in [6.07, 6.45) is 0. The topological polar surface area (TPSA) is 38.7 Å². The van der Waals surface area contributed by atoms with Gasteiger partial charge in [-0.3, -0.25) is 0 Å². The fraction of sp³-hybridized carbons (Fsp3) is 0.278. The van der Waals surface area contributed by atoms with Crippen molar-refractivity contribution in [1.29, 1.82) is 0 Å². The number of methoxy groups -OCH3 is 1. The van der Waals surface area contributed by atoms with E-state index in [0.717, 1.165) is 21.3 Å². The number of nitrogens with zero attached hydrogens (tertiary/aromatic N) is 1. The monoisotopic (exact) mass is 393 g/mol. The van der Waals surface area contributed by atoms with Crippen LogP contribution in [0.3, 0.4) is 0 Å². The molecule has 2 aromatic carbocycles. The molecule has 122 valence electrons. The van der Waals surface area contributed by atoms with Crippen molar-refractivity contribution in [3.8, 4) is 5.75 Å². The smallest absolute Gasteiger partial charge is 0.145 e. The molecule has 1 unspecified atom stereocenters. The van der Waals surface area contributed by atoms with E-state index in [1.165, 1.54) is 0 Å². The third-order valence-corrected chi connectivity index (χ3v) is 5.05. The SMILES string of the molecule is COc1ccc(/C(=N\S(=O)C(C)(C)C)c2cccc(Br)c2)cc1. The first-order valence-electron chi connectivity index (χ1n) is 7.22. The predicted octanol–water partition coefficient (Wildman–Crippen LogP) is 4.76. The highest BCUT2D eigenvalue weighted by atomic mass is 79.9. The second kappa shape index (κ2) is 7.41. The van der Waals surface area contributed by atoms with Crippen LogP contribution in [0.2, 0.25) is 0 Å². The van der Waals surface area contributed by atoms with Gasteiger partial charge in [0.2, 0.25) is 0 Å².